The van der Waals surface area contributed by atoms with Crippen LogP contribution in [0, 0.1) is 34.6 Å². The Morgan fingerprint density at radius 1 is 0.273 bits per heavy atom. The van der Waals surface area contributed by atoms with Crippen LogP contribution < -0.4 is 69.5 Å². The van der Waals surface area contributed by atoms with Gasteiger partial charge in [0, 0.05) is 129 Å². The fourth-order valence-electron chi connectivity index (χ4n) is 12.1. The van der Waals surface area contributed by atoms with E-state index in [1.807, 2.05) is 56.7 Å². The molecule has 0 aliphatic carbocycles. The number of anilines is 5. The summed E-state index contributed by atoms with van der Waals surface area (Å²) in [5.74, 6) is 0. The summed E-state index contributed by atoms with van der Waals surface area (Å²) in [7, 11) is 26.0. The number of benzene rings is 10. The molecule has 0 fully saturated rings. The van der Waals surface area contributed by atoms with Crippen molar-refractivity contribution in [3.8, 4) is 52.9 Å². The molecule has 18 nitrogen and oxygen atoms in total. The molecule has 0 N–H and O–H groups in total. The third-order valence-corrected chi connectivity index (χ3v) is 24.3. The first-order valence-corrected chi connectivity index (χ1v) is 43.9. The van der Waals surface area contributed by atoms with Crippen molar-refractivity contribution < 1.29 is 73.1 Å². The summed E-state index contributed by atoms with van der Waals surface area (Å²) in [6.45, 7) is 10.7. The summed E-state index contributed by atoms with van der Waals surface area (Å²) in [6.07, 6.45) is 0. The predicted octanol–water partition coefficient (Wildman–Crippen LogP) is 13.4. The van der Waals surface area contributed by atoms with Gasteiger partial charge in [0.2, 0.25) is 27.6 Å². The van der Waals surface area contributed by atoms with Crippen LogP contribution in [0.5, 0.6) is 0 Å². The Morgan fingerprint density at radius 2 is 0.400 bits per heavy atom. The van der Waals surface area contributed by atoms with E-state index in [0.717, 1.165) is 0 Å². The van der Waals surface area contributed by atoms with Gasteiger partial charge in [-0.15, -0.1) is 0 Å². The summed E-state index contributed by atoms with van der Waals surface area (Å²) in [5, 5.41) is 6.51. The van der Waals surface area contributed by atoms with Crippen LogP contribution in [-0.2, 0) is 63.3 Å². The number of aryl methyl sites for hydroxylation is 10. The zero-order chi connectivity index (χ0) is 80.4. The van der Waals surface area contributed by atoms with Crippen LogP contribution in [-0.4, -0.2) is 70.5 Å². The number of hydrogen-bond acceptors (Lipinski definition) is 18. The fraction of sp³-hybridized carbons (Fsp3) is 0.235. The molecular weight excluding hydrogens is 1580 g/mol. The number of fused-ring (bicyclic) bond motifs is 5. The summed E-state index contributed by atoms with van der Waals surface area (Å²) in [5.41, 5.74) is 25.6. The van der Waals surface area contributed by atoms with Gasteiger partial charge in [-0.3, -0.25) is 0 Å². The summed E-state index contributed by atoms with van der Waals surface area (Å²) in [6, 6.07) is 76.9. The normalized spacial score (nSPS) is 11.1. The average molecular weight is 1670 g/mol. The second kappa shape index (κ2) is 36.9. The van der Waals surface area contributed by atoms with Crippen LogP contribution in [0.25, 0.3) is 104 Å². The second-order valence-corrected chi connectivity index (χ2v) is 35.8. The fourth-order valence-corrected chi connectivity index (χ4v) is 18.3. The standard InChI is InChI=1S/5C17H19N2S.Mo.H3O4P.4O/c5*1-12-5-10-15-16(11-12)20-17(19(15)4)13-6-8-14(9-7-13)18(2)3;;1-5(2,3)4;;;;/h5*5-11H,1-4H3;;(H3,1,2,3,4);;;;/q5*+1;;;;;2*-1/p-3. The van der Waals surface area contributed by atoms with Gasteiger partial charge < -0.3 is 43.7 Å². The Bertz CT molecular complexity index is 5040. The maximum absolute atomic E-state index is 8.63. The summed E-state index contributed by atoms with van der Waals surface area (Å²) in [4.78, 5) is 36.3. The van der Waals surface area contributed by atoms with Gasteiger partial charge in [0.15, 0.2) is 0 Å². The van der Waals surface area contributed by atoms with Gasteiger partial charge in [0.1, 0.15) is 58.7 Å². The number of aromatic nitrogens is 5. The van der Waals surface area contributed by atoms with Crippen molar-refractivity contribution in [1.29, 1.82) is 0 Å². The van der Waals surface area contributed by atoms with Crippen molar-refractivity contribution in [2.24, 2.45) is 35.2 Å². The van der Waals surface area contributed by atoms with E-state index >= 15 is 0 Å². The zero-order valence-corrected chi connectivity index (χ0v) is 72.8. The van der Waals surface area contributed by atoms with Gasteiger partial charge in [0.05, 0.1) is 27.8 Å². The van der Waals surface area contributed by atoms with Crippen molar-refractivity contribution in [3.63, 3.8) is 0 Å². The van der Waals surface area contributed by atoms with Gasteiger partial charge in [-0.1, -0.05) is 87.0 Å². The minimum absolute atomic E-state index is 1.23. The van der Waals surface area contributed by atoms with Crippen molar-refractivity contribution in [3.05, 3.63) is 240 Å². The van der Waals surface area contributed by atoms with Crippen LogP contribution >= 0.6 is 64.5 Å². The molecule has 5 aromatic heterocycles. The van der Waals surface area contributed by atoms with Gasteiger partial charge >= 0.3 is 31.1 Å². The van der Waals surface area contributed by atoms with E-state index in [1.165, 1.54) is 160 Å². The average Bonchev–Trinajstić information content (AvgIpc) is 1.67. The van der Waals surface area contributed by atoms with Crippen molar-refractivity contribution >= 4 is 144 Å². The Morgan fingerprint density at radius 3 is 0.518 bits per heavy atom. The molecule has 0 aliphatic heterocycles. The van der Waals surface area contributed by atoms with Gasteiger partial charge in [-0.05, 0) is 214 Å². The van der Waals surface area contributed by atoms with Crippen molar-refractivity contribution in [2.45, 2.75) is 34.6 Å². The summed E-state index contributed by atoms with van der Waals surface area (Å²) >= 11 is 3.25. The molecule has 0 amide bonds. The number of phosphoric acid groups is 1. The molecule has 25 heteroatoms. The first-order chi connectivity index (χ1) is 51.8. The van der Waals surface area contributed by atoms with Crippen molar-refractivity contribution in [2.75, 3.05) is 95.0 Å². The molecule has 0 unspecified atom stereocenters. The molecule has 0 saturated carbocycles. The first-order valence-electron chi connectivity index (χ1n) is 35.0. The quantitative estimate of drug-likeness (QED) is 0.0711. The van der Waals surface area contributed by atoms with E-state index in [0.29, 0.717) is 0 Å². The molecule has 15 aromatic rings. The zero-order valence-electron chi connectivity index (χ0n) is 65.8. The van der Waals surface area contributed by atoms with E-state index in [9.17, 15) is 0 Å². The van der Waals surface area contributed by atoms with E-state index in [4.69, 9.17) is 33.6 Å². The third-order valence-electron chi connectivity index (χ3n) is 18.1. The number of thiazole rings is 5. The Hall–Kier alpha value is -9.03. The molecule has 0 atom stereocenters. The molecule has 15 rings (SSSR count). The topological polar surface area (TPSA) is 202 Å². The molecule has 0 saturated heterocycles. The van der Waals surface area contributed by atoms with Gasteiger partial charge in [0.25, 0.3) is 25.0 Å². The van der Waals surface area contributed by atoms with Crippen LogP contribution in [0.15, 0.2) is 212 Å². The van der Waals surface area contributed by atoms with E-state index in [-0.39, 0.29) is 0 Å². The van der Waals surface area contributed by atoms with Crippen LogP contribution in [0.2, 0.25) is 0 Å². The molecule has 574 valence electrons. The molecule has 0 radical (unpaired) electrons. The monoisotopic (exact) mass is 1670 g/mol. The van der Waals surface area contributed by atoms with Crippen LogP contribution in [0.4, 0.5) is 28.4 Å². The molecule has 10 aromatic carbocycles. The molecular formula is C85H95MoN10O8PS5. The third kappa shape index (κ3) is 22.4. The van der Waals surface area contributed by atoms with E-state index < -0.39 is 24.6 Å². The van der Waals surface area contributed by atoms with E-state index in [1.54, 1.807) is 0 Å². The Labute approximate surface area is 669 Å². The molecule has 5 heterocycles. The first kappa shape index (κ1) is 85.0. The molecule has 0 bridgehead atoms. The van der Waals surface area contributed by atoms with Crippen molar-refractivity contribution in [1.82, 2.24) is 0 Å². The molecule has 110 heavy (non-hydrogen) atoms. The SMILES string of the molecule is Cc1ccc2c(c1)sc(-c1ccc(N(C)C)cc1)[n+]2C.Cc1ccc2c(c1)sc(-c1ccc(N(C)C)cc1)[n+]2C.Cc1ccc2c(c1)sc(-c1ccc(N(C)C)cc1)[n+]2C.Cc1ccc2c(c1)sc(-c1ccc(N(C)C)cc1)[n+]2C.Cc1ccc2c(c1)sc(-c1ccc(N(C)C)cc1)[n+]2C.O=P([O-])([O-])[O-].[O]=[Mo](=[O])([O-])[O-]. The van der Waals surface area contributed by atoms with Crippen LogP contribution in [0.1, 0.15) is 27.8 Å². The minimum atomic E-state index is -6.02. The Balaban J connectivity index is 0.000000153. The Kier molecular flexibility index (Phi) is 28.5. The number of nitrogens with zero attached hydrogens (tertiary/aromatic N) is 10. The van der Waals surface area contributed by atoms with E-state index in [2.05, 4.69) is 400 Å². The van der Waals surface area contributed by atoms with Gasteiger partial charge in [-0.25, -0.2) is 0 Å². The predicted molar refractivity (Wildman–Crippen MR) is 446 cm³/mol. The molecule has 0 spiro atoms. The van der Waals surface area contributed by atoms with Crippen LogP contribution in [0.3, 0.4) is 0 Å². The second-order valence-electron chi connectivity index (χ2n) is 27.7. The number of rotatable bonds is 10. The summed E-state index contributed by atoms with van der Waals surface area (Å²) < 4.78 is 61.2. The van der Waals surface area contributed by atoms with Gasteiger partial charge in [-0.2, -0.15) is 30.7 Å². The maximum atomic E-state index is 8.63. The molecule has 0 aliphatic rings. The number of hydrogen-bond donors (Lipinski definition) is 0.